The molecule has 2 aliphatic rings. The number of benzene rings is 1. The van der Waals surface area contributed by atoms with Crippen LogP contribution in [0.4, 0.5) is 10.6 Å². The molecule has 4 rings (SSSR count). The molecular weight excluding hydrogens is 340 g/mol. The summed E-state index contributed by atoms with van der Waals surface area (Å²) < 4.78 is 0. The van der Waals surface area contributed by atoms with Gasteiger partial charge in [0.15, 0.2) is 0 Å². The van der Waals surface area contributed by atoms with E-state index in [1.807, 2.05) is 18.2 Å². The second kappa shape index (κ2) is 6.52. The SMILES string of the molecule is O=C(O)N1CCCC1c1cc(Cl)cc2c1CN(c1ccncn1)CC2. The van der Waals surface area contributed by atoms with E-state index in [0.717, 1.165) is 37.2 Å². The van der Waals surface area contributed by atoms with Gasteiger partial charge in [0.2, 0.25) is 0 Å². The highest BCUT2D eigenvalue weighted by Gasteiger charge is 2.33. The number of anilines is 1. The summed E-state index contributed by atoms with van der Waals surface area (Å²) in [6.45, 7) is 2.15. The first-order valence-corrected chi connectivity index (χ1v) is 8.83. The molecule has 0 saturated carbocycles. The van der Waals surface area contributed by atoms with Gasteiger partial charge in [-0.25, -0.2) is 14.8 Å². The summed E-state index contributed by atoms with van der Waals surface area (Å²) >= 11 is 6.34. The average molecular weight is 359 g/mol. The second-order valence-electron chi connectivity index (χ2n) is 6.51. The molecule has 3 heterocycles. The summed E-state index contributed by atoms with van der Waals surface area (Å²) in [6.07, 6.45) is 5.02. The Morgan fingerprint density at radius 1 is 1.32 bits per heavy atom. The fourth-order valence-electron chi connectivity index (χ4n) is 3.94. The Balaban J connectivity index is 1.72. The highest BCUT2D eigenvalue weighted by atomic mass is 35.5. The molecule has 1 aromatic heterocycles. The lowest BCUT2D eigenvalue weighted by atomic mass is 9.90. The molecule has 2 aliphatic heterocycles. The molecule has 0 aliphatic carbocycles. The second-order valence-corrected chi connectivity index (χ2v) is 6.94. The predicted octanol–water partition coefficient (Wildman–Crippen LogP) is 3.51. The van der Waals surface area contributed by atoms with E-state index in [0.29, 0.717) is 18.1 Å². The van der Waals surface area contributed by atoms with Gasteiger partial charge in [0.25, 0.3) is 0 Å². The van der Waals surface area contributed by atoms with Gasteiger partial charge < -0.3 is 14.9 Å². The third kappa shape index (κ3) is 3.02. The molecule has 6 nitrogen and oxygen atoms in total. The van der Waals surface area contributed by atoms with Crippen LogP contribution in [0, 0.1) is 0 Å². The number of amides is 1. The van der Waals surface area contributed by atoms with Gasteiger partial charge in [-0.1, -0.05) is 11.6 Å². The van der Waals surface area contributed by atoms with Gasteiger partial charge in [-0.15, -0.1) is 0 Å². The van der Waals surface area contributed by atoms with Crippen molar-refractivity contribution in [3.05, 3.63) is 52.4 Å². The highest BCUT2D eigenvalue weighted by Crippen LogP contribution is 2.38. The summed E-state index contributed by atoms with van der Waals surface area (Å²) in [6, 6.07) is 5.74. The zero-order valence-electron chi connectivity index (χ0n) is 13.7. The van der Waals surface area contributed by atoms with Crippen LogP contribution in [0.3, 0.4) is 0 Å². The van der Waals surface area contributed by atoms with Gasteiger partial charge in [-0.3, -0.25) is 0 Å². The van der Waals surface area contributed by atoms with Crippen LogP contribution in [0.25, 0.3) is 0 Å². The lowest BCUT2D eigenvalue weighted by Crippen LogP contribution is -2.34. The topological polar surface area (TPSA) is 69.6 Å². The molecule has 1 amide bonds. The maximum atomic E-state index is 11.6. The van der Waals surface area contributed by atoms with E-state index in [1.54, 1.807) is 12.5 Å². The first-order chi connectivity index (χ1) is 12.1. The number of carboxylic acid groups (broad SMARTS) is 1. The summed E-state index contributed by atoms with van der Waals surface area (Å²) in [7, 11) is 0. The van der Waals surface area contributed by atoms with Gasteiger partial charge >= 0.3 is 6.09 Å². The summed E-state index contributed by atoms with van der Waals surface area (Å²) in [5.41, 5.74) is 3.44. The Morgan fingerprint density at radius 2 is 2.20 bits per heavy atom. The van der Waals surface area contributed by atoms with Crippen molar-refractivity contribution >= 4 is 23.5 Å². The van der Waals surface area contributed by atoms with E-state index in [2.05, 4.69) is 14.9 Å². The van der Waals surface area contributed by atoms with E-state index >= 15 is 0 Å². The van der Waals surface area contributed by atoms with Crippen molar-refractivity contribution in [2.45, 2.75) is 31.8 Å². The number of halogens is 1. The van der Waals surface area contributed by atoms with Crippen LogP contribution < -0.4 is 4.90 Å². The van der Waals surface area contributed by atoms with Crippen molar-refractivity contribution in [2.75, 3.05) is 18.0 Å². The number of nitrogens with zero attached hydrogens (tertiary/aromatic N) is 4. The number of likely N-dealkylation sites (tertiary alicyclic amines) is 1. The lowest BCUT2D eigenvalue weighted by molar-refractivity contribution is 0.140. The van der Waals surface area contributed by atoms with Crippen LogP contribution in [0.15, 0.2) is 30.7 Å². The molecule has 7 heteroatoms. The van der Waals surface area contributed by atoms with Crippen molar-refractivity contribution in [1.82, 2.24) is 14.9 Å². The molecule has 2 aromatic rings. The van der Waals surface area contributed by atoms with E-state index in [9.17, 15) is 9.90 Å². The van der Waals surface area contributed by atoms with E-state index in [-0.39, 0.29) is 6.04 Å². The molecule has 1 atom stereocenters. The van der Waals surface area contributed by atoms with Gasteiger partial charge in [0, 0.05) is 30.9 Å². The minimum Gasteiger partial charge on any atom is -0.465 e. The van der Waals surface area contributed by atoms with Crippen LogP contribution in [0.1, 0.15) is 35.6 Å². The standard InChI is InChI=1S/C18H19ClN4O2/c19-13-8-12-4-7-22(17-3-5-20-11-21-17)10-15(12)14(9-13)16-2-1-6-23(16)18(24)25/h3,5,8-9,11,16H,1-2,4,6-7,10H2,(H,24,25). The van der Waals surface area contributed by atoms with Crippen molar-refractivity contribution < 1.29 is 9.90 Å². The lowest BCUT2D eigenvalue weighted by Gasteiger charge is -2.33. The Labute approximate surface area is 151 Å². The molecular formula is C18H19ClN4O2. The van der Waals surface area contributed by atoms with Crippen molar-refractivity contribution in [2.24, 2.45) is 0 Å². The third-order valence-electron chi connectivity index (χ3n) is 5.09. The molecule has 0 bridgehead atoms. The van der Waals surface area contributed by atoms with Crippen molar-refractivity contribution in [3.8, 4) is 0 Å². The number of aromatic nitrogens is 2. The number of hydrogen-bond donors (Lipinski definition) is 1. The van der Waals surface area contributed by atoms with Crippen LogP contribution in [-0.4, -0.2) is 39.2 Å². The van der Waals surface area contributed by atoms with Gasteiger partial charge in [-0.05, 0) is 54.2 Å². The van der Waals surface area contributed by atoms with E-state index in [4.69, 9.17) is 11.6 Å². The maximum Gasteiger partial charge on any atom is 0.407 e. The van der Waals surface area contributed by atoms with Gasteiger partial charge in [0.05, 0.1) is 6.04 Å². The smallest absolute Gasteiger partial charge is 0.407 e. The molecule has 0 spiro atoms. The maximum absolute atomic E-state index is 11.6. The minimum absolute atomic E-state index is 0.115. The Morgan fingerprint density at radius 3 is 2.96 bits per heavy atom. The van der Waals surface area contributed by atoms with Crippen LogP contribution in [-0.2, 0) is 13.0 Å². The van der Waals surface area contributed by atoms with Crippen LogP contribution in [0.2, 0.25) is 5.02 Å². The van der Waals surface area contributed by atoms with E-state index < -0.39 is 6.09 Å². The largest absolute Gasteiger partial charge is 0.465 e. The first-order valence-electron chi connectivity index (χ1n) is 8.45. The summed E-state index contributed by atoms with van der Waals surface area (Å²) in [4.78, 5) is 23.7. The van der Waals surface area contributed by atoms with Crippen molar-refractivity contribution in [3.63, 3.8) is 0 Å². The van der Waals surface area contributed by atoms with Crippen LogP contribution in [0.5, 0.6) is 0 Å². The molecule has 25 heavy (non-hydrogen) atoms. The van der Waals surface area contributed by atoms with Gasteiger partial charge in [0.1, 0.15) is 12.1 Å². The first kappa shape index (κ1) is 16.1. The predicted molar refractivity (Wildman–Crippen MR) is 94.9 cm³/mol. The Bertz CT molecular complexity index is 799. The number of fused-ring (bicyclic) bond motifs is 1. The molecule has 1 unspecified atom stereocenters. The van der Waals surface area contributed by atoms with Crippen LogP contribution >= 0.6 is 11.6 Å². The molecule has 0 radical (unpaired) electrons. The zero-order valence-corrected chi connectivity index (χ0v) is 14.5. The summed E-state index contributed by atoms with van der Waals surface area (Å²) in [5.74, 6) is 0.892. The zero-order chi connectivity index (χ0) is 17.4. The normalized spacial score (nSPS) is 19.8. The molecule has 1 fully saturated rings. The highest BCUT2D eigenvalue weighted by molar-refractivity contribution is 6.30. The van der Waals surface area contributed by atoms with E-state index in [1.165, 1.54) is 16.0 Å². The Hall–Kier alpha value is -2.34. The average Bonchev–Trinajstić information content (AvgIpc) is 3.11. The fourth-order valence-corrected chi connectivity index (χ4v) is 4.19. The monoisotopic (exact) mass is 358 g/mol. The number of carbonyl (C=O) groups is 1. The molecule has 130 valence electrons. The van der Waals surface area contributed by atoms with Crippen molar-refractivity contribution in [1.29, 1.82) is 0 Å². The fraction of sp³-hybridized carbons (Fsp3) is 0.389. The molecule has 1 saturated heterocycles. The number of rotatable bonds is 2. The quantitative estimate of drug-likeness (QED) is 0.889. The number of hydrogen-bond acceptors (Lipinski definition) is 4. The minimum atomic E-state index is -0.861. The summed E-state index contributed by atoms with van der Waals surface area (Å²) in [5, 5.41) is 10.2. The van der Waals surface area contributed by atoms with Gasteiger partial charge in [-0.2, -0.15) is 0 Å². The Kier molecular flexibility index (Phi) is 4.21. The molecule has 1 aromatic carbocycles. The third-order valence-corrected chi connectivity index (χ3v) is 5.31. The molecule has 1 N–H and O–H groups in total.